The minimum atomic E-state index is -1.04. The number of ether oxygens (including phenoxy) is 2. The Balaban J connectivity index is 2.01. The molecule has 45 heavy (non-hydrogen) atoms. The summed E-state index contributed by atoms with van der Waals surface area (Å²) < 4.78 is 11.2. The fraction of sp³-hybridized carbons (Fsp3) is 0.543. The smallest absolute Gasteiger partial charge is 0.408 e. The molecule has 246 valence electrons. The van der Waals surface area contributed by atoms with E-state index in [1.165, 1.54) is 0 Å². The SMILES string of the molecule is CSCCC(NC(=O)OC(C)(C)C)C(=O)N(C1CCC1)C(C(=O)NC(Cc1ccccc1)C(=O)OC(C)(C)C)c1ccccc1. The first-order valence-electron chi connectivity index (χ1n) is 15.6. The van der Waals surface area contributed by atoms with E-state index in [9.17, 15) is 19.2 Å². The summed E-state index contributed by atoms with van der Waals surface area (Å²) in [6, 6.07) is 15.4. The zero-order valence-corrected chi connectivity index (χ0v) is 28.4. The highest BCUT2D eigenvalue weighted by molar-refractivity contribution is 7.98. The van der Waals surface area contributed by atoms with Crippen LogP contribution in [0.15, 0.2) is 60.7 Å². The lowest BCUT2D eigenvalue weighted by Crippen LogP contribution is -2.58. The number of carbonyl (C=O) groups is 4. The fourth-order valence-corrected chi connectivity index (χ4v) is 5.52. The Kier molecular flexibility index (Phi) is 12.9. The molecular formula is C35H49N3O6S. The topological polar surface area (TPSA) is 114 Å². The van der Waals surface area contributed by atoms with E-state index in [0.717, 1.165) is 24.8 Å². The highest BCUT2D eigenvalue weighted by atomic mass is 32.2. The Morgan fingerprint density at radius 2 is 1.42 bits per heavy atom. The van der Waals surface area contributed by atoms with Crippen molar-refractivity contribution in [3.63, 3.8) is 0 Å². The van der Waals surface area contributed by atoms with Gasteiger partial charge >= 0.3 is 12.1 Å². The summed E-state index contributed by atoms with van der Waals surface area (Å²) in [7, 11) is 0. The molecule has 0 saturated heterocycles. The van der Waals surface area contributed by atoms with Crippen molar-refractivity contribution in [1.29, 1.82) is 0 Å². The van der Waals surface area contributed by atoms with Gasteiger partial charge in [0.25, 0.3) is 0 Å². The van der Waals surface area contributed by atoms with Gasteiger partial charge in [-0.2, -0.15) is 11.8 Å². The molecule has 2 aromatic rings. The summed E-state index contributed by atoms with van der Waals surface area (Å²) in [5.74, 6) is -0.794. The predicted molar refractivity (Wildman–Crippen MR) is 178 cm³/mol. The van der Waals surface area contributed by atoms with Crippen LogP contribution in [0.5, 0.6) is 0 Å². The molecule has 1 aliphatic rings. The Morgan fingerprint density at radius 3 is 1.93 bits per heavy atom. The van der Waals surface area contributed by atoms with E-state index < -0.39 is 47.3 Å². The molecule has 0 aromatic heterocycles. The molecule has 0 spiro atoms. The molecule has 9 nitrogen and oxygen atoms in total. The lowest BCUT2D eigenvalue weighted by atomic mass is 9.87. The van der Waals surface area contributed by atoms with Crippen LogP contribution in [-0.4, -0.2) is 70.1 Å². The highest BCUT2D eigenvalue weighted by Gasteiger charge is 2.43. The van der Waals surface area contributed by atoms with Crippen LogP contribution < -0.4 is 10.6 Å². The van der Waals surface area contributed by atoms with Crippen LogP contribution in [0, 0.1) is 0 Å². The second kappa shape index (κ2) is 16.2. The predicted octanol–water partition coefficient (Wildman–Crippen LogP) is 5.82. The molecule has 2 aromatic carbocycles. The summed E-state index contributed by atoms with van der Waals surface area (Å²) >= 11 is 1.56. The van der Waals surface area contributed by atoms with Crippen molar-refractivity contribution in [2.75, 3.05) is 12.0 Å². The minimum Gasteiger partial charge on any atom is -0.458 e. The van der Waals surface area contributed by atoms with Gasteiger partial charge in [-0.05, 0) is 90.4 Å². The summed E-state index contributed by atoms with van der Waals surface area (Å²) in [5.41, 5.74) is -0.0389. The molecule has 0 radical (unpaired) electrons. The highest BCUT2D eigenvalue weighted by Crippen LogP contribution is 2.34. The number of hydrogen-bond acceptors (Lipinski definition) is 7. The summed E-state index contributed by atoms with van der Waals surface area (Å²) in [4.78, 5) is 56.8. The zero-order chi connectivity index (χ0) is 33.2. The van der Waals surface area contributed by atoms with Crippen LogP contribution in [-0.2, 0) is 30.3 Å². The zero-order valence-electron chi connectivity index (χ0n) is 27.6. The standard InChI is InChI=1S/C35H49N3O6S/c1-34(2,3)43-32(41)28(23-24-15-10-8-11-16-24)36-30(39)29(25-17-12-9-13-18-25)38(26-19-14-20-26)31(40)27(21-22-45-7)37-33(42)44-35(4,5)6/h8-13,15-18,26-29H,14,19-23H2,1-7H3,(H,36,39)(H,37,42). The third kappa shape index (κ3) is 11.4. The minimum absolute atomic E-state index is 0.209. The van der Waals surface area contributed by atoms with Gasteiger partial charge in [-0.3, -0.25) is 9.59 Å². The molecule has 1 fully saturated rings. The maximum Gasteiger partial charge on any atom is 0.408 e. The monoisotopic (exact) mass is 639 g/mol. The van der Waals surface area contributed by atoms with Gasteiger partial charge in [0.05, 0.1) is 0 Å². The van der Waals surface area contributed by atoms with Crippen LogP contribution in [0.25, 0.3) is 0 Å². The number of esters is 1. The van der Waals surface area contributed by atoms with Gasteiger partial charge in [0.2, 0.25) is 11.8 Å². The molecule has 10 heteroatoms. The van der Waals surface area contributed by atoms with E-state index in [1.54, 1.807) is 70.3 Å². The summed E-state index contributed by atoms with van der Waals surface area (Å²) in [6.45, 7) is 10.6. The van der Waals surface area contributed by atoms with Gasteiger partial charge in [-0.25, -0.2) is 9.59 Å². The third-order valence-electron chi connectivity index (χ3n) is 7.25. The van der Waals surface area contributed by atoms with Crippen LogP contribution in [0.2, 0.25) is 0 Å². The number of carbonyl (C=O) groups excluding carboxylic acids is 4. The average Bonchev–Trinajstić information content (AvgIpc) is 2.92. The lowest BCUT2D eigenvalue weighted by molar-refractivity contribution is -0.159. The van der Waals surface area contributed by atoms with E-state index in [4.69, 9.17) is 9.47 Å². The largest absolute Gasteiger partial charge is 0.458 e. The number of hydrogen-bond donors (Lipinski definition) is 2. The Hall–Kier alpha value is -3.53. The molecule has 3 amide bonds. The van der Waals surface area contributed by atoms with Crippen LogP contribution in [0.1, 0.15) is 84.4 Å². The van der Waals surface area contributed by atoms with E-state index in [-0.39, 0.29) is 18.4 Å². The first-order valence-corrected chi connectivity index (χ1v) is 17.0. The molecular weight excluding hydrogens is 590 g/mol. The van der Waals surface area contributed by atoms with Gasteiger partial charge < -0.3 is 25.0 Å². The number of amides is 3. The van der Waals surface area contributed by atoms with E-state index in [2.05, 4.69) is 10.6 Å². The number of rotatable bonds is 13. The molecule has 1 aliphatic carbocycles. The molecule has 3 atom stereocenters. The Labute approximate surface area is 272 Å². The molecule has 0 bridgehead atoms. The second-order valence-corrected chi connectivity index (χ2v) is 14.4. The van der Waals surface area contributed by atoms with Crippen LogP contribution >= 0.6 is 11.8 Å². The second-order valence-electron chi connectivity index (χ2n) is 13.4. The van der Waals surface area contributed by atoms with Gasteiger partial charge in [-0.1, -0.05) is 60.7 Å². The van der Waals surface area contributed by atoms with E-state index >= 15 is 0 Å². The van der Waals surface area contributed by atoms with Gasteiger partial charge in [0.1, 0.15) is 29.3 Å². The number of alkyl carbamates (subject to hydrolysis) is 1. The van der Waals surface area contributed by atoms with Crippen molar-refractivity contribution in [3.8, 4) is 0 Å². The number of thioether (sulfide) groups is 1. The number of benzene rings is 2. The summed E-state index contributed by atoms with van der Waals surface area (Å²) in [5, 5.41) is 5.74. The molecule has 3 rings (SSSR count). The van der Waals surface area contributed by atoms with Crippen molar-refractivity contribution in [3.05, 3.63) is 71.8 Å². The Morgan fingerprint density at radius 1 is 0.844 bits per heavy atom. The summed E-state index contributed by atoms with van der Waals surface area (Å²) in [6.07, 6.45) is 4.19. The van der Waals surface area contributed by atoms with Gasteiger partial charge in [-0.15, -0.1) is 0 Å². The van der Waals surface area contributed by atoms with E-state index in [0.29, 0.717) is 17.7 Å². The maximum atomic E-state index is 14.5. The van der Waals surface area contributed by atoms with E-state index in [1.807, 2.05) is 54.8 Å². The van der Waals surface area contributed by atoms with Crippen molar-refractivity contribution in [2.45, 2.75) is 109 Å². The molecule has 0 heterocycles. The molecule has 3 unspecified atom stereocenters. The van der Waals surface area contributed by atoms with Crippen molar-refractivity contribution < 1.29 is 28.7 Å². The fourth-order valence-electron chi connectivity index (χ4n) is 5.05. The number of nitrogens with one attached hydrogen (secondary N) is 2. The van der Waals surface area contributed by atoms with Crippen molar-refractivity contribution in [2.24, 2.45) is 0 Å². The maximum absolute atomic E-state index is 14.5. The third-order valence-corrected chi connectivity index (χ3v) is 7.90. The molecule has 2 N–H and O–H groups in total. The quantitative estimate of drug-likeness (QED) is 0.265. The van der Waals surface area contributed by atoms with Crippen molar-refractivity contribution >= 4 is 35.6 Å². The van der Waals surface area contributed by atoms with Crippen LogP contribution in [0.4, 0.5) is 4.79 Å². The van der Waals surface area contributed by atoms with Crippen molar-refractivity contribution in [1.82, 2.24) is 15.5 Å². The first kappa shape index (κ1) is 35.9. The Bertz CT molecular complexity index is 1270. The van der Waals surface area contributed by atoms with Gasteiger partial charge in [0, 0.05) is 12.5 Å². The molecule has 0 aliphatic heterocycles. The van der Waals surface area contributed by atoms with Crippen LogP contribution in [0.3, 0.4) is 0 Å². The molecule has 1 saturated carbocycles. The normalized spacial score (nSPS) is 15.5. The lowest BCUT2D eigenvalue weighted by Gasteiger charge is -2.44. The first-order chi connectivity index (χ1) is 21.2. The average molecular weight is 640 g/mol. The number of nitrogens with zero attached hydrogens (tertiary/aromatic N) is 1. The van der Waals surface area contributed by atoms with Gasteiger partial charge in [0.15, 0.2) is 0 Å².